The maximum atomic E-state index is 2.59. The van der Waals surface area contributed by atoms with Crippen molar-refractivity contribution in [3.63, 3.8) is 0 Å². The molecule has 0 N–H and O–H groups in total. The lowest BCUT2D eigenvalue weighted by Crippen LogP contribution is -2.37. The van der Waals surface area contributed by atoms with E-state index < -0.39 is 0 Å². The van der Waals surface area contributed by atoms with Crippen molar-refractivity contribution >= 4 is 0 Å². The van der Waals surface area contributed by atoms with Crippen molar-refractivity contribution in [3.05, 3.63) is 12.2 Å². The number of rotatable bonds is 2. The molecule has 0 aromatic rings. The summed E-state index contributed by atoms with van der Waals surface area (Å²) in [6, 6.07) is 0. The SMILES string of the molecule is C/C=C/[C@@H](C)[C@H]1CCC2[C@@H](C)CCC[C@@]21C. The monoisotopic (exact) mass is 220 g/mol. The summed E-state index contributed by atoms with van der Waals surface area (Å²) < 4.78 is 0. The Kier molecular flexibility index (Phi) is 3.47. The minimum Gasteiger partial charge on any atom is -0.0914 e. The van der Waals surface area contributed by atoms with Gasteiger partial charge in [-0.25, -0.2) is 0 Å². The lowest BCUT2D eigenvalue weighted by Gasteiger charge is -2.45. The zero-order valence-corrected chi connectivity index (χ0v) is 11.5. The first-order chi connectivity index (χ1) is 7.59. The van der Waals surface area contributed by atoms with E-state index in [9.17, 15) is 0 Å². The second-order valence-corrected chi connectivity index (χ2v) is 6.55. The topological polar surface area (TPSA) is 0 Å². The number of fused-ring (bicyclic) bond motifs is 1. The van der Waals surface area contributed by atoms with E-state index in [2.05, 4.69) is 39.8 Å². The normalized spacial score (nSPS) is 45.9. The van der Waals surface area contributed by atoms with E-state index in [4.69, 9.17) is 0 Å². The van der Waals surface area contributed by atoms with Gasteiger partial charge in [0.15, 0.2) is 0 Å². The summed E-state index contributed by atoms with van der Waals surface area (Å²) in [6.45, 7) is 9.67. The molecule has 2 fully saturated rings. The Balaban J connectivity index is 2.17. The fraction of sp³-hybridized carbons (Fsp3) is 0.875. The summed E-state index contributed by atoms with van der Waals surface area (Å²) in [6.07, 6.45) is 12.1. The largest absolute Gasteiger partial charge is 0.0914 e. The summed E-state index contributed by atoms with van der Waals surface area (Å²) in [4.78, 5) is 0. The van der Waals surface area contributed by atoms with Gasteiger partial charge in [-0.05, 0) is 55.3 Å². The van der Waals surface area contributed by atoms with Gasteiger partial charge in [-0.3, -0.25) is 0 Å². The molecule has 0 saturated heterocycles. The predicted molar refractivity (Wildman–Crippen MR) is 71.3 cm³/mol. The van der Waals surface area contributed by atoms with Crippen LogP contribution in [0.2, 0.25) is 0 Å². The summed E-state index contributed by atoms with van der Waals surface area (Å²) in [7, 11) is 0. The van der Waals surface area contributed by atoms with Crippen LogP contribution in [0.3, 0.4) is 0 Å². The van der Waals surface area contributed by atoms with Gasteiger partial charge in [-0.2, -0.15) is 0 Å². The second-order valence-electron chi connectivity index (χ2n) is 6.55. The van der Waals surface area contributed by atoms with Crippen molar-refractivity contribution in [2.75, 3.05) is 0 Å². The molecule has 1 unspecified atom stereocenters. The Morgan fingerprint density at radius 2 is 2.00 bits per heavy atom. The third kappa shape index (κ3) is 1.85. The number of hydrogen-bond acceptors (Lipinski definition) is 0. The Labute approximate surface area is 102 Å². The Morgan fingerprint density at radius 3 is 2.69 bits per heavy atom. The van der Waals surface area contributed by atoms with E-state index in [0.717, 1.165) is 23.7 Å². The van der Waals surface area contributed by atoms with Crippen molar-refractivity contribution in [1.29, 1.82) is 0 Å². The zero-order chi connectivity index (χ0) is 11.8. The number of allylic oxidation sites excluding steroid dienone is 2. The second kappa shape index (κ2) is 4.55. The minimum absolute atomic E-state index is 0.649. The fourth-order valence-electron chi connectivity index (χ4n) is 4.91. The van der Waals surface area contributed by atoms with Gasteiger partial charge in [0.1, 0.15) is 0 Å². The van der Waals surface area contributed by atoms with Crippen LogP contribution in [0.4, 0.5) is 0 Å². The molecule has 2 aliphatic rings. The zero-order valence-electron chi connectivity index (χ0n) is 11.5. The van der Waals surface area contributed by atoms with Crippen LogP contribution >= 0.6 is 0 Å². The first-order valence-electron chi connectivity index (χ1n) is 7.22. The Morgan fingerprint density at radius 1 is 1.25 bits per heavy atom. The molecule has 0 heteroatoms. The van der Waals surface area contributed by atoms with Crippen molar-refractivity contribution in [1.82, 2.24) is 0 Å². The molecule has 0 nitrogen and oxygen atoms in total. The van der Waals surface area contributed by atoms with Gasteiger partial charge in [0.2, 0.25) is 0 Å². The molecule has 92 valence electrons. The molecule has 0 heterocycles. The fourth-order valence-corrected chi connectivity index (χ4v) is 4.91. The van der Waals surface area contributed by atoms with Crippen LogP contribution in [0.15, 0.2) is 12.2 Å². The lowest BCUT2D eigenvalue weighted by atomic mass is 9.60. The van der Waals surface area contributed by atoms with E-state index >= 15 is 0 Å². The molecule has 0 aliphatic heterocycles. The quantitative estimate of drug-likeness (QED) is 0.571. The van der Waals surface area contributed by atoms with Crippen LogP contribution in [0, 0.1) is 29.1 Å². The summed E-state index contributed by atoms with van der Waals surface area (Å²) in [5.41, 5.74) is 0.649. The molecule has 0 aromatic heterocycles. The van der Waals surface area contributed by atoms with Crippen molar-refractivity contribution in [3.8, 4) is 0 Å². The van der Waals surface area contributed by atoms with Gasteiger partial charge in [-0.15, -0.1) is 0 Å². The third-order valence-corrected chi connectivity index (χ3v) is 5.68. The van der Waals surface area contributed by atoms with Crippen molar-refractivity contribution in [2.24, 2.45) is 29.1 Å². The van der Waals surface area contributed by atoms with Crippen LogP contribution in [0.1, 0.15) is 59.8 Å². The molecule has 0 radical (unpaired) electrons. The van der Waals surface area contributed by atoms with Crippen molar-refractivity contribution < 1.29 is 0 Å². The average molecular weight is 220 g/mol. The third-order valence-electron chi connectivity index (χ3n) is 5.68. The smallest absolute Gasteiger partial charge is 0.0228 e. The highest BCUT2D eigenvalue weighted by molar-refractivity contribution is 5.03. The standard InChI is InChI=1S/C16H28/c1-5-7-12(2)14-9-10-15-13(3)8-6-11-16(14,15)4/h5,7,12-15H,6,8-11H2,1-4H3/b7-5+/t12-,13+,14-,15?,16-/m1/s1. The molecule has 2 saturated carbocycles. The van der Waals surface area contributed by atoms with Crippen LogP contribution in [-0.2, 0) is 0 Å². The first-order valence-corrected chi connectivity index (χ1v) is 7.22. The van der Waals surface area contributed by atoms with E-state index in [1.807, 2.05) is 0 Å². The Hall–Kier alpha value is -0.260. The van der Waals surface area contributed by atoms with Gasteiger partial charge in [-0.1, -0.05) is 45.8 Å². The van der Waals surface area contributed by atoms with Crippen LogP contribution in [0.5, 0.6) is 0 Å². The highest BCUT2D eigenvalue weighted by Gasteiger charge is 2.50. The predicted octanol–water partition coefficient (Wildman–Crippen LogP) is 5.05. The van der Waals surface area contributed by atoms with Crippen LogP contribution in [0.25, 0.3) is 0 Å². The van der Waals surface area contributed by atoms with E-state index in [1.54, 1.807) is 0 Å². The van der Waals surface area contributed by atoms with Gasteiger partial charge < -0.3 is 0 Å². The van der Waals surface area contributed by atoms with Gasteiger partial charge >= 0.3 is 0 Å². The molecule has 2 rings (SSSR count). The maximum Gasteiger partial charge on any atom is -0.0228 e. The van der Waals surface area contributed by atoms with Gasteiger partial charge in [0, 0.05) is 0 Å². The summed E-state index contributed by atoms with van der Waals surface area (Å²) >= 11 is 0. The van der Waals surface area contributed by atoms with Crippen LogP contribution < -0.4 is 0 Å². The molecular formula is C16H28. The average Bonchev–Trinajstić information content (AvgIpc) is 2.57. The van der Waals surface area contributed by atoms with E-state index in [1.165, 1.54) is 32.1 Å². The first kappa shape index (κ1) is 12.2. The van der Waals surface area contributed by atoms with Gasteiger partial charge in [0.25, 0.3) is 0 Å². The molecular weight excluding hydrogens is 192 g/mol. The van der Waals surface area contributed by atoms with E-state index in [0.29, 0.717) is 5.41 Å². The van der Waals surface area contributed by atoms with Crippen LogP contribution in [-0.4, -0.2) is 0 Å². The minimum atomic E-state index is 0.649. The number of hydrogen-bond donors (Lipinski definition) is 0. The Bertz CT molecular complexity index is 265. The highest BCUT2D eigenvalue weighted by atomic mass is 14.6. The molecule has 16 heavy (non-hydrogen) atoms. The summed E-state index contributed by atoms with van der Waals surface area (Å²) in [5, 5.41) is 0. The molecule has 0 spiro atoms. The lowest BCUT2D eigenvalue weighted by molar-refractivity contribution is 0.0453. The van der Waals surface area contributed by atoms with Crippen molar-refractivity contribution in [2.45, 2.75) is 59.8 Å². The maximum absolute atomic E-state index is 2.59. The molecule has 0 amide bonds. The van der Waals surface area contributed by atoms with E-state index in [-0.39, 0.29) is 0 Å². The molecule has 0 aromatic carbocycles. The molecule has 5 atom stereocenters. The molecule has 0 bridgehead atoms. The summed E-state index contributed by atoms with van der Waals surface area (Å²) in [5.74, 6) is 3.71. The highest BCUT2D eigenvalue weighted by Crippen LogP contribution is 2.59. The molecule has 2 aliphatic carbocycles. The van der Waals surface area contributed by atoms with Gasteiger partial charge in [0.05, 0.1) is 0 Å².